The normalized spacial score (nSPS) is 10.1. The Morgan fingerprint density at radius 1 is 1.50 bits per heavy atom. The summed E-state index contributed by atoms with van der Waals surface area (Å²) >= 11 is 6.94. The molecule has 0 aliphatic heterocycles. The van der Waals surface area contributed by atoms with E-state index in [1.165, 1.54) is 23.5 Å². The van der Waals surface area contributed by atoms with Crippen LogP contribution in [0.2, 0.25) is 5.02 Å². The molecule has 1 aromatic heterocycles. The van der Waals surface area contributed by atoms with Gasteiger partial charge in [0.1, 0.15) is 5.82 Å². The maximum absolute atomic E-state index is 13.3. The molecule has 82 valence electrons. The monoisotopic (exact) mass is 256 g/mol. The number of carbonyl (C=O) groups is 1. The van der Waals surface area contributed by atoms with E-state index in [1.54, 1.807) is 11.6 Å². The van der Waals surface area contributed by atoms with E-state index in [-0.39, 0.29) is 5.56 Å². The van der Waals surface area contributed by atoms with Crippen LogP contribution in [-0.4, -0.2) is 10.9 Å². The number of nitrogens with zero attached hydrogens (tertiary/aromatic N) is 1. The number of hydrogen-bond acceptors (Lipinski definition) is 3. The predicted octanol–water partition coefficient (Wildman–Crippen LogP) is 3.19. The van der Waals surface area contributed by atoms with E-state index in [0.717, 1.165) is 6.07 Å². The third-order valence-electron chi connectivity index (χ3n) is 1.83. The van der Waals surface area contributed by atoms with Crippen LogP contribution in [0.15, 0.2) is 29.8 Å². The molecule has 1 heterocycles. The average Bonchev–Trinajstić information content (AvgIpc) is 2.74. The average molecular weight is 257 g/mol. The molecule has 0 saturated heterocycles. The van der Waals surface area contributed by atoms with Crippen LogP contribution in [0.3, 0.4) is 0 Å². The second-order valence-corrected chi connectivity index (χ2v) is 4.25. The summed E-state index contributed by atoms with van der Waals surface area (Å²) in [5.41, 5.74) is -0.0947. The van der Waals surface area contributed by atoms with Crippen LogP contribution < -0.4 is 5.32 Å². The van der Waals surface area contributed by atoms with Gasteiger partial charge >= 0.3 is 0 Å². The zero-order valence-electron chi connectivity index (χ0n) is 7.91. The Morgan fingerprint density at radius 3 is 3.00 bits per heavy atom. The maximum Gasteiger partial charge on any atom is 0.260 e. The Morgan fingerprint density at radius 2 is 2.31 bits per heavy atom. The lowest BCUT2D eigenvalue weighted by Crippen LogP contribution is -2.13. The molecule has 3 nitrogen and oxygen atoms in total. The van der Waals surface area contributed by atoms with Crippen molar-refractivity contribution in [2.75, 3.05) is 5.32 Å². The minimum atomic E-state index is -0.613. The molecule has 2 aromatic rings. The molecule has 1 amide bonds. The molecule has 0 fully saturated rings. The first kappa shape index (κ1) is 11.0. The minimum absolute atomic E-state index is 0.0947. The third-order valence-corrected chi connectivity index (χ3v) is 2.75. The standard InChI is InChI=1S/C10H6ClFN2OS/c11-6-1-2-8(12)7(5-6)9(15)14-10-13-3-4-16-10/h1-5H,(H,13,14,15). The molecule has 2 rings (SSSR count). The topological polar surface area (TPSA) is 42.0 Å². The van der Waals surface area contributed by atoms with Crippen molar-refractivity contribution in [2.24, 2.45) is 0 Å². The molecule has 0 spiro atoms. The molecule has 0 unspecified atom stereocenters. The fourth-order valence-electron chi connectivity index (χ4n) is 1.12. The second-order valence-electron chi connectivity index (χ2n) is 2.92. The van der Waals surface area contributed by atoms with Crippen molar-refractivity contribution in [3.05, 3.63) is 46.2 Å². The number of carbonyl (C=O) groups excluding carboxylic acids is 1. The molecule has 0 saturated carbocycles. The van der Waals surface area contributed by atoms with Crippen LogP contribution in [0.1, 0.15) is 10.4 Å². The fourth-order valence-corrected chi connectivity index (χ4v) is 1.82. The van der Waals surface area contributed by atoms with Gasteiger partial charge in [0.15, 0.2) is 5.13 Å². The van der Waals surface area contributed by atoms with Crippen molar-refractivity contribution in [2.45, 2.75) is 0 Å². The van der Waals surface area contributed by atoms with Gasteiger partial charge in [-0.1, -0.05) is 11.6 Å². The quantitative estimate of drug-likeness (QED) is 0.897. The zero-order valence-corrected chi connectivity index (χ0v) is 9.48. The number of amides is 1. The Bertz CT molecular complexity index is 516. The SMILES string of the molecule is O=C(Nc1nccs1)c1cc(Cl)ccc1F. The molecular formula is C10H6ClFN2OS. The summed E-state index contributed by atoms with van der Waals surface area (Å²) in [4.78, 5) is 15.5. The lowest BCUT2D eigenvalue weighted by atomic mass is 10.2. The van der Waals surface area contributed by atoms with Crippen molar-refractivity contribution in [1.82, 2.24) is 4.98 Å². The molecule has 0 bridgehead atoms. The maximum atomic E-state index is 13.3. The van der Waals surface area contributed by atoms with Crippen LogP contribution in [0, 0.1) is 5.82 Å². The van der Waals surface area contributed by atoms with Gasteiger partial charge in [-0.25, -0.2) is 9.37 Å². The lowest BCUT2D eigenvalue weighted by Gasteiger charge is -2.03. The lowest BCUT2D eigenvalue weighted by molar-refractivity contribution is 0.102. The van der Waals surface area contributed by atoms with E-state index in [1.807, 2.05) is 0 Å². The van der Waals surface area contributed by atoms with Crippen molar-refractivity contribution in [1.29, 1.82) is 0 Å². The van der Waals surface area contributed by atoms with Gasteiger partial charge in [0.25, 0.3) is 5.91 Å². The van der Waals surface area contributed by atoms with Gasteiger partial charge in [-0.05, 0) is 18.2 Å². The summed E-state index contributed by atoms with van der Waals surface area (Å²) in [5.74, 6) is -1.17. The van der Waals surface area contributed by atoms with Crippen LogP contribution in [0.5, 0.6) is 0 Å². The van der Waals surface area contributed by atoms with Crippen molar-refractivity contribution in [3.8, 4) is 0 Å². The van der Waals surface area contributed by atoms with E-state index in [4.69, 9.17) is 11.6 Å². The summed E-state index contributed by atoms with van der Waals surface area (Å²) in [6, 6.07) is 3.82. The highest BCUT2D eigenvalue weighted by molar-refractivity contribution is 7.13. The Hall–Kier alpha value is -1.46. The van der Waals surface area contributed by atoms with Gasteiger partial charge in [0.05, 0.1) is 5.56 Å². The number of rotatable bonds is 2. The van der Waals surface area contributed by atoms with Gasteiger partial charge in [0.2, 0.25) is 0 Å². The molecule has 1 N–H and O–H groups in total. The summed E-state index contributed by atoms with van der Waals surface area (Å²) in [5, 5.41) is 4.92. The fraction of sp³-hybridized carbons (Fsp3) is 0. The molecule has 0 radical (unpaired) electrons. The van der Waals surface area contributed by atoms with Gasteiger partial charge in [-0.2, -0.15) is 0 Å². The summed E-state index contributed by atoms with van der Waals surface area (Å²) < 4.78 is 13.3. The van der Waals surface area contributed by atoms with Gasteiger partial charge in [0, 0.05) is 16.6 Å². The number of hydrogen-bond donors (Lipinski definition) is 1. The minimum Gasteiger partial charge on any atom is -0.298 e. The summed E-state index contributed by atoms with van der Waals surface area (Å²) in [7, 11) is 0. The first-order valence-corrected chi connectivity index (χ1v) is 5.58. The molecule has 1 aromatic carbocycles. The number of anilines is 1. The van der Waals surface area contributed by atoms with Crippen molar-refractivity contribution < 1.29 is 9.18 Å². The molecule has 6 heteroatoms. The van der Waals surface area contributed by atoms with Crippen molar-refractivity contribution >= 4 is 34.0 Å². The Labute approximate surface area is 99.9 Å². The largest absolute Gasteiger partial charge is 0.298 e. The van der Waals surface area contributed by atoms with E-state index in [0.29, 0.717) is 10.2 Å². The highest BCUT2D eigenvalue weighted by Gasteiger charge is 2.13. The number of halogens is 2. The van der Waals surface area contributed by atoms with Crippen LogP contribution in [-0.2, 0) is 0 Å². The summed E-state index contributed by atoms with van der Waals surface area (Å²) in [6.07, 6.45) is 1.55. The van der Waals surface area contributed by atoms with E-state index in [9.17, 15) is 9.18 Å². The zero-order chi connectivity index (χ0) is 11.5. The Balaban J connectivity index is 2.24. The smallest absolute Gasteiger partial charge is 0.260 e. The number of nitrogens with one attached hydrogen (secondary N) is 1. The first-order valence-electron chi connectivity index (χ1n) is 4.33. The van der Waals surface area contributed by atoms with E-state index in [2.05, 4.69) is 10.3 Å². The van der Waals surface area contributed by atoms with E-state index < -0.39 is 11.7 Å². The Kier molecular flexibility index (Phi) is 3.17. The van der Waals surface area contributed by atoms with Crippen LogP contribution >= 0.6 is 22.9 Å². The van der Waals surface area contributed by atoms with Gasteiger partial charge in [-0.15, -0.1) is 11.3 Å². The third kappa shape index (κ3) is 2.37. The van der Waals surface area contributed by atoms with E-state index >= 15 is 0 Å². The number of thiazole rings is 1. The second kappa shape index (κ2) is 4.59. The van der Waals surface area contributed by atoms with Gasteiger partial charge in [-0.3, -0.25) is 10.1 Å². The molecule has 0 atom stereocenters. The van der Waals surface area contributed by atoms with Crippen LogP contribution in [0.25, 0.3) is 0 Å². The highest BCUT2D eigenvalue weighted by atomic mass is 35.5. The predicted molar refractivity (Wildman–Crippen MR) is 61.5 cm³/mol. The number of benzene rings is 1. The van der Waals surface area contributed by atoms with Crippen molar-refractivity contribution in [3.63, 3.8) is 0 Å². The highest BCUT2D eigenvalue weighted by Crippen LogP contribution is 2.17. The summed E-state index contributed by atoms with van der Waals surface area (Å²) in [6.45, 7) is 0. The number of aromatic nitrogens is 1. The van der Waals surface area contributed by atoms with Gasteiger partial charge < -0.3 is 0 Å². The molecule has 0 aliphatic carbocycles. The first-order chi connectivity index (χ1) is 7.66. The molecule has 0 aliphatic rings. The van der Waals surface area contributed by atoms with Crippen LogP contribution in [0.4, 0.5) is 9.52 Å². The molecule has 16 heavy (non-hydrogen) atoms. The molecular weight excluding hydrogens is 251 g/mol.